The molecule has 1 heterocycles. The summed E-state index contributed by atoms with van der Waals surface area (Å²) in [5.74, 6) is -2.21. The molecule has 0 aromatic heterocycles. The van der Waals surface area contributed by atoms with E-state index in [2.05, 4.69) is 26.6 Å². The molecular weight excluding hydrogens is 502 g/mol. The highest BCUT2D eigenvalue weighted by Crippen LogP contribution is 2.26. The molecule has 180 valence electrons. The fourth-order valence-electron chi connectivity index (χ4n) is 3.88. The van der Waals surface area contributed by atoms with Crippen LogP contribution in [0.25, 0.3) is 0 Å². The van der Waals surface area contributed by atoms with Crippen molar-refractivity contribution < 1.29 is 24.3 Å². The number of nitrogens with zero attached hydrogens (tertiary/aromatic N) is 1. The molecule has 9 heteroatoms. The van der Waals surface area contributed by atoms with Gasteiger partial charge in [-0.1, -0.05) is 60.1 Å². The Hall–Kier alpha value is -3.04. The van der Waals surface area contributed by atoms with Gasteiger partial charge < -0.3 is 10.4 Å². The lowest BCUT2D eigenvalue weighted by molar-refractivity contribution is -0.140. The van der Waals surface area contributed by atoms with E-state index in [-0.39, 0.29) is 30.4 Å². The van der Waals surface area contributed by atoms with Gasteiger partial charge in [-0.2, -0.15) is 0 Å². The molecule has 0 aliphatic carbocycles. The predicted molar refractivity (Wildman–Crippen MR) is 130 cm³/mol. The highest BCUT2D eigenvalue weighted by molar-refractivity contribution is 9.10. The molecule has 3 rings (SSSR count). The average Bonchev–Trinajstić information content (AvgIpc) is 3.03. The molecule has 3 N–H and O–H groups in total. The van der Waals surface area contributed by atoms with Crippen LogP contribution in [0.3, 0.4) is 0 Å². The molecule has 0 fully saturated rings. The van der Waals surface area contributed by atoms with E-state index in [9.17, 15) is 24.3 Å². The number of aliphatic carboxylic acids is 1. The van der Waals surface area contributed by atoms with Gasteiger partial charge in [0.05, 0.1) is 17.2 Å². The number of rotatable bonds is 11. The summed E-state index contributed by atoms with van der Waals surface area (Å²) in [6.07, 6.45) is 0.411. The summed E-state index contributed by atoms with van der Waals surface area (Å²) in [5.41, 5.74) is 1.52. The first-order valence-corrected chi connectivity index (χ1v) is 11.9. The van der Waals surface area contributed by atoms with Crippen molar-refractivity contribution in [2.45, 2.75) is 45.3 Å². The fourth-order valence-corrected chi connectivity index (χ4v) is 4.24. The molecule has 34 heavy (non-hydrogen) atoms. The monoisotopic (exact) mass is 529 g/mol. The third kappa shape index (κ3) is 6.30. The van der Waals surface area contributed by atoms with Gasteiger partial charge in [-0.3, -0.25) is 29.4 Å². The Balaban J connectivity index is 1.65. The van der Waals surface area contributed by atoms with Crippen molar-refractivity contribution >= 4 is 39.6 Å². The number of halogens is 1. The number of amides is 3. The van der Waals surface area contributed by atoms with Crippen LogP contribution in [-0.2, 0) is 16.1 Å². The highest BCUT2D eigenvalue weighted by atomic mass is 79.9. The van der Waals surface area contributed by atoms with Gasteiger partial charge in [0.15, 0.2) is 0 Å². The van der Waals surface area contributed by atoms with Crippen molar-refractivity contribution in [1.82, 2.24) is 15.5 Å². The van der Waals surface area contributed by atoms with E-state index in [0.29, 0.717) is 23.0 Å². The number of carboxylic acids is 1. The zero-order chi connectivity index (χ0) is 24.8. The molecule has 0 saturated carbocycles. The van der Waals surface area contributed by atoms with Crippen molar-refractivity contribution in [3.63, 3.8) is 0 Å². The van der Waals surface area contributed by atoms with E-state index in [1.807, 2.05) is 44.2 Å². The lowest BCUT2D eigenvalue weighted by atomic mass is 10.0. The van der Waals surface area contributed by atoms with Crippen molar-refractivity contribution in [3.05, 3.63) is 69.7 Å². The van der Waals surface area contributed by atoms with Gasteiger partial charge in [0.25, 0.3) is 11.8 Å². The summed E-state index contributed by atoms with van der Waals surface area (Å²) < 4.78 is 0.678. The standard InChI is InChI=1S/C25H28BrN3O5/c1-15(2)12-21(22(30)27-14-16-6-4-3-5-7-16)28-20(25(33)34)10-11-29-23(31)18-9-8-17(26)13-19(18)24(29)32/h3-9,13,15,20-21,28H,10-12,14H2,1-2H3,(H,27,30)(H,33,34)/t20-,21+/m1/s1. The summed E-state index contributed by atoms with van der Waals surface area (Å²) in [5, 5.41) is 15.6. The Bertz CT molecular complexity index is 1070. The van der Waals surface area contributed by atoms with Crippen molar-refractivity contribution in [3.8, 4) is 0 Å². The molecule has 3 amide bonds. The topological polar surface area (TPSA) is 116 Å². The predicted octanol–water partition coefficient (Wildman–Crippen LogP) is 3.21. The maximum atomic E-state index is 12.9. The van der Waals surface area contributed by atoms with E-state index in [1.165, 1.54) is 0 Å². The first-order chi connectivity index (χ1) is 16.2. The summed E-state index contributed by atoms with van der Waals surface area (Å²) in [6.45, 7) is 4.16. The summed E-state index contributed by atoms with van der Waals surface area (Å²) >= 11 is 3.29. The summed E-state index contributed by atoms with van der Waals surface area (Å²) in [7, 11) is 0. The van der Waals surface area contributed by atoms with Crippen LogP contribution in [0, 0.1) is 5.92 Å². The summed E-state index contributed by atoms with van der Waals surface area (Å²) in [4.78, 5) is 51.2. The number of nitrogens with one attached hydrogen (secondary N) is 2. The van der Waals surface area contributed by atoms with Crippen molar-refractivity contribution in [2.75, 3.05) is 6.54 Å². The molecule has 0 unspecified atom stereocenters. The molecular formula is C25H28BrN3O5. The average molecular weight is 530 g/mol. The molecule has 1 aliphatic rings. The maximum absolute atomic E-state index is 12.9. The minimum atomic E-state index is -1.15. The minimum absolute atomic E-state index is 0.0253. The molecule has 8 nitrogen and oxygen atoms in total. The second-order valence-corrected chi connectivity index (χ2v) is 9.60. The Kier molecular flexibility index (Phi) is 8.57. The molecule has 0 radical (unpaired) electrons. The van der Waals surface area contributed by atoms with Crippen molar-refractivity contribution in [1.29, 1.82) is 0 Å². The van der Waals surface area contributed by atoms with Crippen LogP contribution in [0.1, 0.15) is 53.0 Å². The van der Waals surface area contributed by atoms with E-state index in [0.717, 1.165) is 10.5 Å². The number of carbonyl (C=O) groups excluding carboxylic acids is 3. The Labute approximate surface area is 206 Å². The number of carbonyl (C=O) groups is 4. The van der Waals surface area contributed by atoms with Crippen LogP contribution in [0.5, 0.6) is 0 Å². The SMILES string of the molecule is CC(C)C[C@H](N[C@H](CCN1C(=O)c2ccc(Br)cc2C1=O)C(=O)O)C(=O)NCc1ccccc1. The van der Waals surface area contributed by atoms with Gasteiger partial charge in [-0.25, -0.2) is 0 Å². The molecule has 2 aromatic carbocycles. The number of hydrogen-bond donors (Lipinski definition) is 3. The Morgan fingerprint density at radius 3 is 2.32 bits per heavy atom. The van der Waals surface area contributed by atoms with Gasteiger partial charge in [-0.15, -0.1) is 0 Å². The number of fused-ring (bicyclic) bond motifs is 1. The van der Waals surface area contributed by atoms with Crippen LogP contribution in [0.15, 0.2) is 53.0 Å². The zero-order valence-electron chi connectivity index (χ0n) is 19.1. The molecule has 1 aliphatic heterocycles. The van der Waals surface area contributed by atoms with Gasteiger partial charge in [0.1, 0.15) is 6.04 Å². The van der Waals surface area contributed by atoms with Crippen molar-refractivity contribution in [2.24, 2.45) is 5.92 Å². The maximum Gasteiger partial charge on any atom is 0.320 e. The highest BCUT2D eigenvalue weighted by Gasteiger charge is 2.36. The van der Waals surface area contributed by atoms with E-state index < -0.39 is 29.9 Å². The molecule has 0 spiro atoms. The smallest absolute Gasteiger partial charge is 0.320 e. The normalized spacial score (nSPS) is 14.8. The lowest BCUT2D eigenvalue weighted by Gasteiger charge is -2.25. The van der Waals surface area contributed by atoms with E-state index >= 15 is 0 Å². The third-order valence-corrected chi connectivity index (χ3v) is 6.10. The number of hydrogen-bond acceptors (Lipinski definition) is 5. The zero-order valence-corrected chi connectivity index (χ0v) is 20.7. The first kappa shape index (κ1) is 25.6. The Morgan fingerprint density at radius 2 is 1.68 bits per heavy atom. The van der Waals surface area contributed by atoms with Gasteiger partial charge in [-0.05, 0) is 42.5 Å². The summed E-state index contributed by atoms with van der Waals surface area (Å²) in [6, 6.07) is 12.4. The van der Waals surface area contributed by atoms with Crippen LogP contribution in [0.2, 0.25) is 0 Å². The van der Waals surface area contributed by atoms with Crippen LogP contribution >= 0.6 is 15.9 Å². The van der Waals surface area contributed by atoms with Gasteiger partial charge in [0, 0.05) is 17.6 Å². The van der Waals surface area contributed by atoms with Crippen LogP contribution in [-0.4, -0.2) is 52.3 Å². The first-order valence-electron chi connectivity index (χ1n) is 11.1. The van der Waals surface area contributed by atoms with Crippen LogP contribution in [0.4, 0.5) is 0 Å². The number of carboxylic acid groups (broad SMARTS) is 1. The number of imide groups is 1. The van der Waals surface area contributed by atoms with Gasteiger partial charge in [0.2, 0.25) is 5.91 Å². The van der Waals surface area contributed by atoms with Crippen LogP contribution < -0.4 is 10.6 Å². The van der Waals surface area contributed by atoms with E-state index in [4.69, 9.17) is 0 Å². The second kappa shape index (κ2) is 11.4. The fraction of sp³-hybridized carbons (Fsp3) is 0.360. The third-order valence-electron chi connectivity index (χ3n) is 5.61. The largest absolute Gasteiger partial charge is 0.480 e. The molecule has 0 saturated heterocycles. The minimum Gasteiger partial charge on any atom is -0.480 e. The second-order valence-electron chi connectivity index (χ2n) is 8.68. The number of benzene rings is 2. The quantitative estimate of drug-likeness (QED) is 0.385. The molecule has 0 bridgehead atoms. The molecule has 2 atom stereocenters. The van der Waals surface area contributed by atoms with Gasteiger partial charge >= 0.3 is 5.97 Å². The Morgan fingerprint density at radius 1 is 1.00 bits per heavy atom. The van der Waals surface area contributed by atoms with E-state index in [1.54, 1.807) is 18.2 Å². The lowest BCUT2D eigenvalue weighted by Crippen LogP contribution is -2.52. The molecule has 2 aromatic rings.